The number of aromatic nitrogens is 1. The zero-order valence-electron chi connectivity index (χ0n) is 15.3. The van der Waals surface area contributed by atoms with Gasteiger partial charge in [-0.05, 0) is 17.2 Å². The second-order valence-corrected chi connectivity index (χ2v) is 7.25. The molecule has 1 saturated heterocycles. The van der Waals surface area contributed by atoms with Crippen molar-refractivity contribution in [3.05, 3.63) is 89.7 Å². The van der Waals surface area contributed by atoms with E-state index in [1.165, 1.54) is 22.3 Å². The van der Waals surface area contributed by atoms with Gasteiger partial charge in [0.25, 0.3) is 0 Å². The number of hydrogen-bond donors (Lipinski definition) is 1. The summed E-state index contributed by atoms with van der Waals surface area (Å²) in [4.78, 5) is 5.78. The van der Waals surface area contributed by atoms with E-state index in [9.17, 15) is 0 Å². The molecule has 4 nitrogen and oxygen atoms in total. The Hall–Kier alpha value is -2.98. The van der Waals surface area contributed by atoms with Crippen LogP contribution in [-0.4, -0.2) is 42.4 Å². The maximum absolute atomic E-state index is 4.66. The molecular weight excluding hydrogens is 332 g/mol. The van der Waals surface area contributed by atoms with E-state index in [1.54, 1.807) is 11.1 Å². The van der Waals surface area contributed by atoms with Crippen LogP contribution in [0.5, 0.6) is 0 Å². The van der Waals surface area contributed by atoms with Crippen molar-refractivity contribution in [2.45, 2.75) is 6.04 Å². The molecule has 1 aromatic heterocycles. The molecule has 134 valence electrons. The van der Waals surface area contributed by atoms with Crippen molar-refractivity contribution in [2.75, 3.05) is 26.2 Å². The molecule has 0 amide bonds. The van der Waals surface area contributed by atoms with Gasteiger partial charge in [-0.25, -0.2) is 0 Å². The summed E-state index contributed by atoms with van der Waals surface area (Å²) in [5.41, 5.74) is 6.80. The monoisotopic (exact) mass is 355 g/mol. The third-order valence-electron chi connectivity index (χ3n) is 5.68. The first kappa shape index (κ1) is 16.2. The lowest BCUT2D eigenvalue weighted by atomic mass is 10.0. The summed E-state index contributed by atoms with van der Waals surface area (Å²) in [7, 11) is 0. The fourth-order valence-corrected chi connectivity index (χ4v) is 4.38. The number of piperazine rings is 1. The molecule has 1 aliphatic carbocycles. The number of benzene rings is 2. The molecule has 4 heteroatoms. The van der Waals surface area contributed by atoms with Gasteiger partial charge >= 0.3 is 0 Å². The summed E-state index contributed by atoms with van der Waals surface area (Å²) >= 11 is 0. The molecule has 0 radical (unpaired) electrons. The van der Waals surface area contributed by atoms with Gasteiger partial charge < -0.3 is 4.90 Å². The molecule has 1 fully saturated rings. The second-order valence-electron chi connectivity index (χ2n) is 7.25. The van der Waals surface area contributed by atoms with Gasteiger partial charge in [0.05, 0.1) is 32.4 Å². The average Bonchev–Trinajstić information content (AvgIpc) is 3.08. The van der Waals surface area contributed by atoms with Gasteiger partial charge in [0.2, 0.25) is 0 Å². The molecule has 0 unspecified atom stereocenters. The highest BCUT2D eigenvalue weighted by Gasteiger charge is 2.37. The molecule has 5 rings (SSSR count). The minimum Gasteiger partial charge on any atom is -0.322 e. The Morgan fingerprint density at radius 1 is 0.889 bits per heavy atom. The highest BCUT2D eigenvalue weighted by atomic mass is 15.5. The van der Waals surface area contributed by atoms with Gasteiger partial charge in [-0.2, -0.15) is 5.10 Å². The van der Waals surface area contributed by atoms with Crippen LogP contribution in [0.1, 0.15) is 22.7 Å². The lowest BCUT2D eigenvalue weighted by Crippen LogP contribution is -3.14. The number of rotatable bonds is 3. The van der Waals surface area contributed by atoms with Gasteiger partial charge in [0, 0.05) is 29.1 Å². The largest absolute Gasteiger partial charge is 0.322 e. The zero-order chi connectivity index (χ0) is 18.1. The minimum atomic E-state index is 0.446. The van der Waals surface area contributed by atoms with E-state index in [2.05, 4.69) is 63.6 Å². The third kappa shape index (κ3) is 3.02. The molecule has 3 aromatic rings. The van der Waals surface area contributed by atoms with Crippen LogP contribution in [0.4, 0.5) is 0 Å². The predicted octanol–water partition coefficient (Wildman–Crippen LogP) is 2.39. The van der Waals surface area contributed by atoms with E-state index in [0.717, 1.165) is 31.7 Å². The zero-order valence-corrected chi connectivity index (χ0v) is 15.3. The number of nitrogens with one attached hydrogen (secondary N) is 1. The normalized spacial score (nSPS) is 17.3. The fraction of sp³-hybridized carbons (Fsp3) is 0.217. The Balaban J connectivity index is 1.33. The summed E-state index contributed by atoms with van der Waals surface area (Å²) in [6.07, 6.45) is 5.55. The Labute approximate surface area is 159 Å². The quantitative estimate of drug-likeness (QED) is 0.732. The van der Waals surface area contributed by atoms with E-state index in [1.807, 2.05) is 24.5 Å². The number of hydrazone groups is 1. The van der Waals surface area contributed by atoms with Crippen molar-refractivity contribution in [1.82, 2.24) is 9.99 Å². The van der Waals surface area contributed by atoms with Crippen LogP contribution in [0.3, 0.4) is 0 Å². The van der Waals surface area contributed by atoms with Crippen molar-refractivity contribution in [3.8, 4) is 11.1 Å². The van der Waals surface area contributed by atoms with Crippen molar-refractivity contribution < 1.29 is 4.90 Å². The number of fused-ring (bicyclic) bond motifs is 3. The summed E-state index contributed by atoms with van der Waals surface area (Å²) < 4.78 is 0. The van der Waals surface area contributed by atoms with Crippen molar-refractivity contribution in [3.63, 3.8) is 0 Å². The highest BCUT2D eigenvalue weighted by molar-refractivity contribution is 5.79. The van der Waals surface area contributed by atoms with Crippen LogP contribution in [-0.2, 0) is 0 Å². The van der Waals surface area contributed by atoms with Gasteiger partial charge in [-0.3, -0.25) is 9.99 Å². The highest BCUT2D eigenvalue weighted by Crippen LogP contribution is 2.41. The Morgan fingerprint density at radius 3 is 2.19 bits per heavy atom. The first-order chi connectivity index (χ1) is 13.4. The van der Waals surface area contributed by atoms with Crippen LogP contribution in [0.15, 0.2) is 78.2 Å². The first-order valence-electron chi connectivity index (χ1n) is 9.62. The van der Waals surface area contributed by atoms with Crippen LogP contribution in [0.2, 0.25) is 0 Å². The maximum Gasteiger partial charge on any atom is 0.140 e. The number of pyridine rings is 1. The summed E-state index contributed by atoms with van der Waals surface area (Å²) in [5, 5.41) is 6.84. The lowest BCUT2D eigenvalue weighted by molar-refractivity contribution is -0.929. The second kappa shape index (κ2) is 6.97. The summed E-state index contributed by atoms with van der Waals surface area (Å²) in [6.45, 7) is 4.15. The molecule has 0 saturated carbocycles. The first-order valence-corrected chi connectivity index (χ1v) is 9.62. The van der Waals surface area contributed by atoms with Gasteiger partial charge in [0.15, 0.2) is 0 Å². The van der Waals surface area contributed by atoms with E-state index < -0.39 is 0 Å². The topological polar surface area (TPSA) is 32.9 Å². The lowest BCUT2D eigenvalue weighted by Gasteiger charge is -2.34. The average molecular weight is 355 g/mol. The molecular formula is C23H23N4+. The molecule has 2 aliphatic rings. The SMILES string of the molecule is C(=N/N1CC[NH+](C2c3ccccc3-c3ccccc32)CC1)/c1cccnc1. The fourth-order valence-electron chi connectivity index (χ4n) is 4.38. The molecule has 1 N–H and O–H groups in total. The smallest absolute Gasteiger partial charge is 0.140 e. The number of quaternary nitrogens is 1. The van der Waals surface area contributed by atoms with Crippen molar-refractivity contribution >= 4 is 6.21 Å². The van der Waals surface area contributed by atoms with Crippen molar-refractivity contribution in [2.24, 2.45) is 5.10 Å². The van der Waals surface area contributed by atoms with E-state index in [-0.39, 0.29) is 0 Å². The van der Waals surface area contributed by atoms with Crippen LogP contribution in [0, 0.1) is 0 Å². The van der Waals surface area contributed by atoms with Crippen molar-refractivity contribution in [1.29, 1.82) is 0 Å². The van der Waals surface area contributed by atoms with Crippen LogP contribution >= 0.6 is 0 Å². The van der Waals surface area contributed by atoms with Gasteiger partial charge in [-0.15, -0.1) is 0 Å². The van der Waals surface area contributed by atoms with Gasteiger partial charge in [0.1, 0.15) is 6.04 Å². The molecule has 1 aliphatic heterocycles. The molecule has 0 spiro atoms. The van der Waals surface area contributed by atoms with Crippen LogP contribution in [0.25, 0.3) is 11.1 Å². The number of hydrogen-bond acceptors (Lipinski definition) is 3. The standard InChI is InChI=1S/C23H22N4/c1-3-9-21-19(7-1)20-8-2-4-10-22(20)23(21)26-12-14-27(15-13-26)25-17-18-6-5-11-24-16-18/h1-11,16-17,23H,12-15H2/p+1/b25-17-. The third-order valence-corrected chi connectivity index (χ3v) is 5.68. The summed E-state index contributed by atoms with van der Waals surface area (Å²) in [5.74, 6) is 0. The Kier molecular flexibility index (Phi) is 4.18. The van der Waals surface area contributed by atoms with E-state index >= 15 is 0 Å². The Bertz CT molecular complexity index is 913. The minimum absolute atomic E-state index is 0.446. The molecule has 2 aromatic carbocycles. The summed E-state index contributed by atoms with van der Waals surface area (Å²) in [6, 6.07) is 22.2. The van der Waals surface area contributed by atoms with Crippen LogP contribution < -0.4 is 4.90 Å². The molecule has 2 heterocycles. The maximum atomic E-state index is 4.66. The predicted molar refractivity (Wildman–Crippen MR) is 108 cm³/mol. The molecule has 0 bridgehead atoms. The van der Waals surface area contributed by atoms with E-state index in [4.69, 9.17) is 0 Å². The Morgan fingerprint density at radius 2 is 1.56 bits per heavy atom. The molecule has 27 heavy (non-hydrogen) atoms. The number of nitrogens with zero attached hydrogens (tertiary/aromatic N) is 3. The molecule has 0 atom stereocenters. The van der Waals surface area contributed by atoms with E-state index in [0.29, 0.717) is 6.04 Å². The van der Waals surface area contributed by atoms with Gasteiger partial charge in [-0.1, -0.05) is 54.6 Å².